The van der Waals surface area contributed by atoms with Crippen molar-refractivity contribution < 1.29 is 19.0 Å². The number of hydrogen-bond donors (Lipinski definition) is 2. The molecule has 0 atom stereocenters. The van der Waals surface area contributed by atoms with Crippen LogP contribution in [0.5, 0.6) is 17.2 Å². The number of carbonyl (C=O) groups is 1. The molecule has 0 saturated carbocycles. The van der Waals surface area contributed by atoms with Crippen molar-refractivity contribution in [3.63, 3.8) is 0 Å². The first-order valence-corrected chi connectivity index (χ1v) is 10.5. The molecule has 3 N–H and O–H groups in total. The van der Waals surface area contributed by atoms with Crippen LogP contribution >= 0.6 is 11.3 Å². The summed E-state index contributed by atoms with van der Waals surface area (Å²) in [5.74, 6) is 1.77. The van der Waals surface area contributed by atoms with Gasteiger partial charge in [0.05, 0.1) is 18.5 Å². The molecular formula is C23H19N3O4S. The summed E-state index contributed by atoms with van der Waals surface area (Å²) in [6.45, 7) is 0.998. The van der Waals surface area contributed by atoms with E-state index in [2.05, 4.69) is 5.32 Å². The Bertz CT molecular complexity index is 1280. The highest BCUT2D eigenvalue weighted by molar-refractivity contribution is 7.21. The lowest BCUT2D eigenvalue weighted by Gasteiger charge is -2.18. The van der Waals surface area contributed by atoms with Crippen LogP contribution in [0.1, 0.15) is 9.67 Å². The van der Waals surface area contributed by atoms with Crippen LogP contribution in [0.4, 0.5) is 11.4 Å². The van der Waals surface area contributed by atoms with E-state index in [1.54, 1.807) is 25.3 Å². The van der Waals surface area contributed by atoms with E-state index in [0.717, 1.165) is 22.4 Å². The molecule has 0 fully saturated rings. The Kier molecular flexibility index (Phi) is 4.83. The Labute approximate surface area is 182 Å². The molecule has 0 radical (unpaired) electrons. The summed E-state index contributed by atoms with van der Waals surface area (Å²) >= 11 is 1.27. The average molecular weight is 433 g/mol. The van der Waals surface area contributed by atoms with Gasteiger partial charge in [0.1, 0.15) is 28.7 Å². The molecular weight excluding hydrogens is 414 g/mol. The maximum Gasteiger partial charge on any atom is 0.267 e. The lowest BCUT2D eigenvalue weighted by atomic mass is 10.1. The minimum absolute atomic E-state index is 0.289. The Morgan fingerprint density at radius 1 is 1.06 bits per heavy atom. The quantitative estimate of drug-likeness (QED) is 0.489. The van der Waals surface area contributed by atoms with Crippen molar-refractivity contribution in [1.82, 2.24) is 4.98 Å². The number of thiophene rings is 1. The second-order valence-electron chi connectivity index (χ2n) is 6.94. The predicted octanol–water partition coefficient (Wildman–Crippen LogP) is 4.58. The first-order chi connectivity index (χ1) is 15.1. The molecule has 7 nitrogen and oxygen atoms in total. The zero-order chi connectivity index (χ0) is 21.4. The number of nitrogen functional groups attached to an aromatic ring is 1. The van der Waals surface area contributed by atoms with Crippen molar-refractivity contribution in [2.75, 3.05) is 31.4 Å². The molecule has 1 amide bonds. The van der Waals surface area contributed by atoms with Crippen LogP contribution in [0.3, 0.4) is 0 Å². The number of anilines is 2. The molecule has 31 heavy (non-hydrogen) atoms. The van der Waals surface area contributed by atoms with Gasteiger partial charge in [-0.25, -0.2) is 4.98 Å². The van der Waals surface area contributed by atoms with Crippen LogP contribution in [0.25, 0.3) is 21.5 Å². The van der Waals surface area contributed by atoms with E-state index in [1.807, 2.05) is 36.4 Å². The van der Waals surface area contributed by atoms with Gasteiger partial charge in [0.2, 0.25) is 0 Å². The summed E-state index contributed by atoms with van der Waals surface area (Å²) in [5.41, 5.74) is 9.07. The summed E-state index contributed by atoms with van der Waals surface area (Å²) in [4.78, 5) is 18.7. The monoisotopic (exact) mass is 433 g/mol. The molecule has 2 aromatic heterocycles. The number of ether oxygens (including phenoxy) is 3. The van der Waals surface area contributed by atoms with Gasteiger partial charge in [0.25, 0.3) is 5.91 Å². The molecule has 0 bridgehead atoms. The number of pyridine rings is 1. The lowest BCUT2D eigenvalue weighted by Crippen LogP contribution is -2.16. The summed E-state index contributed by atoms with van der Waals surface area (Å²) in [5, 5.41) is 3.64. The number of hydrogen-bond acceptors (Lipinski definition) is 7. The molecule has 0 spiro atoms. The average Bonchev–Trinajstić information content (AvgIpc) is 3.15. The predicted molar refractivity (Wildman–Crippen MR) is 121 cm³/mol. The van der Waals surface area contributed by atoms with Crippen LogP contribution < -0.4 is 25.3 Å². The largest absolute Gasteiger partial charge is 0.497 e. The molecule has 4 aromatic rings. The van der Waals surface area contributed by atoms with Crippen molar-refractivity contribution >= 4 is 38.8 Å². The molecule has 1 aliphatic heterocycles. The Balaban J connectivity index is 1.43. The lowest BCUT2D eigenvalue weighted by molar-refractivity contribution is 0.103. The number of carbonyl (C=O) groups excluding carboxylic acids is 1. The van der Waals surface area contributed by atoms with Crippen LogP contribution in [-0.2, 0) is 0 Å². The van der Waals surface area contributed by atoms with Crippen LogP contribution in [0.2, 0.25) is 0 Å². The van der Waals surface area contributed by atoms with Crippen LogP contribution in [0, 0.1) is 0 Å². The Morgan fingerprint density at radius 2 is 1.84 bits per heavy atom. The number of nitrogens with one attached hydrogen (secondary N) is 1. The SMILES string of the molecule is COc1ccc(-c2ccc3c(N)c(C(=O)Nc4ccc5c(c4)OCCO5)sc3n2)cc1. The molecule has 156 valence electrons. The van der Waals surface area contributed by atoms with Gasteiger partial charge in [-0.2, -0.15) is 0 Å². The molecule has 3 heterocycles. The first-order valence-electron chi connectivity index (χ1n) is 9.67. The summed E-state index contributed by atoms with van der Waals surface area (Å²) < 4.78 is 16.3. The zero-order valence-electron chi connectivity index (χ0n) is 16.7. The van der Waals surface area contributed by atoms with Gasteiger partial charge in [-0.05, 0) is 48.5 Å². The highest BCUT2D eigenvalue weighted by Gasteiger charge is 2.19. The van der Waals surface area contributed by atoms with Gasteiger partial charge < -0.3 is 25.3 Å². The Morgan fingerprint density at radius 3 is 2.61 bits per heavy atom. The molecule has 1 aliphatic rings. The number of amides is 1. The maximum atomic E-state index is 12.9. The van der Waals surface area contributed by atoms with E-state index in [4.69, 9.17) is 24.9 Å². The molecule has 0 aliphatic carbocycles. The maximum absolute atomic E-state index is 12.9. The van der Waals surface area contributed by atoms with Gasteiger partial charge in [-0.15, -0.1) is 11.3 Å². The number of methoxy groups -OCH3 is 1. The third-order valence-electron chi connectivity index (χ3n) is 4.99. The number of nitrogens with zero attached hydrogens (tertiary/aromatic N) is 1. The fourth-order valence-electron chi connectivity index (χ4n) is 3.40. The van der Waals surface area contributed by atoms with E-state index >= 15 is 0 Å². The minimum Gasteiger partial charge on any atom is -0.497 e. The second-order valence-corrected chi connectivity index (χ2v) is 7.93. The summed E-state index contributed by atoms with van der Waals surface area (Å²) in [6.07, 6.45) is 0. The smallest absolute Gasteiger partial charge is 0.267 e. The van der Waals surface area contributed by atoms with Gasteiger partial charge in [0, 0.05) is 22.7 Å². The van der Waals surface area contributed by atoms with E-state index in [9.17, 15) is 4.79 Å². The normalized spacial score (nSPS) is 12.5. The van der Waals surface area contributed by atoms with Gasteiger partial charge in [0.15, 0.2) is 11.5 Å². The fraction of sp³-hybridized carbons (Fsp3) is 0.130. The van der Waals surface area contributed by atoms with E-state index in [1.165, 1.54) is 11.3 Å². The van der Waals surface area contributed by atoms with Crippen molar-refractivity contribution in [2.24, 2.45) is 0 Å². The third-order valence-corrected chi connectivity index (χ3v) is 6.10. The fourth-order valence-corrected chi connectivity index (χ4v) is 4.39. The zero-order valence-corrected chi connectivity index (χ0v) is 17.5. The number of fused-ring (bicyclic) bond motifs is 2. The number of nitrogens with two attached hydrogens (primary N) is 1. The highest BCUT2D eigenvalue weighted by Crippen LogP contribution is 2.36. The van der Waals surface area contributed by atoms with E-state index < -0.39 is 0 Å². The van der Waals surface area contributed by atoms with Gasteiger partial charge in [-0.1, -0.05) is 0 Å². The Hall–Kier alpha value is -3.78. The molecule has 2 aromatic carbocycles. The molecule has 0 unspecified atom stereocenters. The molecule has 0 saturated heterocycles. The third kappa shape index (κ3) is 3.62. The summed E-state index contributed by atoms with van der Waals surface area (Å²) in [7, 11) is 1.63. The highest BCUT2D eigenvalue weighted by atomic mass is 32.1. The van der Waals surface area contributed by atoms with E-state index in [-0.39, 0.29) is 5.91 Å². The molecule has 5 rings (SSSR count). The van der Waals surface area contributed by atoms with Crippen LogP contribution in [0.15, 0.2) is 54.6 Å². The van der Waals surface area contributed by atoms with Crippen molar-refractivity contribution in [3.05, 3.63) is 59.5 Å². The topological polar surface area (TPSA) is 95.7 Å². The standard InChI is InChI=1S/C23H19N3O4S/c1-28-15-5-2-13(3-6-15)17-8-7-16-20(24)21(31-23(16)26-17)22(27)25-14-4-9-18-19(12-14)30-11-10-29-18/h2-9,12H,10-11,24H2,1H3,(H,25,27). The number of aromatic nitrogens is 1. The van der Waals surface area contributed by atoms with Gasteiger partial charge >= 0.3 is 0 Å². The first kappa shape index (κ1) is 19.2. The minimum atomic E-state index is -0.289. The summed E-state index contributed by atoms with van der Waals surface area (Å²) in [6, 6.07) is 16.8. The van der Waals surface area contributed by atoms with Crippen LogP contribution in [-0.4, -0.2) is 31.2 Å². The second kappa shape index (κ2) is 7.81. The molecule has 8 heteroatoms. The van der Waals surface area contributed by atoms with Crippen molar-refractivity contribution in [2.45, 2.75) is 0 Å². The van der Waals surface area contributed by atoms with Crippen molar-refractivity contribution in [1.29, 1.82) is 0 Å². The number of benzene rings is 2. The van der Waals surface area contributed by atoms with Gasteiger partial charge in [-0.3, -0.25) is 4.79 Å². The van der Waals surface area contributed by atoms with Crippen molar-refractivity contribution in [3.8, 4) is 28.5 Å². The van der Waals surface area contributed by atoms with E-state index in [0.29, 0.717) is 45.8 Å². The number of rotatable bonds is 4.